The summed E-state index contributed by atoms with van der Waals surface area (Å²) in [6.45, 7) is 0. The fourth-order valence-electron chi connectivity index (χ4n) is 2.12. The molecule has 0 heterocycles. The van der Waals surface area contributed by atoms with Gasteiger partial charge in [-0.2, -0.15) is 10.5 Å². The molecule has 0 radical (unpaired) electrons. The molecule has 0 saturated carbocycles. The highest BCUT2D eigenvalue weighted by atomic mass is 16.3. The number of rotatable bonds is 5. The number of hydrogen-bond acceptors (Lipinski definition) is 6. The van der Waals surface area contributed by atoms with Gasteiger partial charge in [-0.05, 0) is 45.7 Å². The summed E-state index contributed by atoms with van der Waals surface area (Å²) in [5.74, 6) is 0. The van der Waals surface area contributed by atoms with Crippen LogP contribution < -0.4 is 0 Å². The number of nitriles is 2. The minimum atomic E-state index is -1.38. The molecule has 106 valence electrons. The van der Waals surface area contributed by atoms with E-state index >= 15 is 0 Å². The van der Waals surface area contributed by atoms with Crippen LogP contribution in [0.5, 0.6) is 0 Å². The fourth-order valence-corrected chi connectivity index (χ4v) is 2.12. The second-order valence-corrected chi connectivity index (χ2v) is 4.70. The Morgan fingerprint density at radius 1 is 0.818 bits per heavy atom. The van der Waals surface area contributed by atoms with Gasteiger partial charge in [0.1, 0.15) is 11.4 Å². The normalized spacial score (nSPS) is 10.3. The van der Waals surface area contributed by atoms with Crippen molar-refractivity contribution in [3.8, 4) is 12.1 Å². The average Bonchev–Trinajstić information content (AvgIpc) is 2.60. The first kappa shape index (κ1) is 15.0. The van der Waals surface area contributed by atoms with Crippen LogP contribution >= 0.6 is 0 Å². The molecule has 22 heavy (non-hydrogen) atoms. The molecule has 0 bridgehead atoms. The van der Waals surface area contributed by atoms with Gasteiger partial charge in [0.25, 0.3) is 0 Å². The van der Waals surface area contributed by atoms with Gasteiger partial charge in [0.2, 0.25) is 0 Å². The van der Waals surface area contributed by atoms with Gasteiger partial charge in [-0.3, -0.25) is 0 Å². The Kier molecular flexibility index (Phi) is 4.36. The average molecular weight is 290 g/mol. The number of nitrogens with zero attached hydrogens (tertiary/aromatic N) is 4. The zero-order chi connectivity index (χ0) is 16.0. The Morgan fingerprint density at radius 3 is 1.68 bits per heavy atom. The van der Waals surface area contributed by atoms with Crippen molar-refractivity contribution in [2.45, 2.75) is 11.8 Å². The predicted octanol–water partition coefficient (Wildman–Crippen LogP) is 4.01. The van der Waals surface area contributed by atoms with Crippen molar-refractivity contribution in [3.63, 3.8) is 0 Å². The van der Waals surface area contributed by atoms with Gasteiger partial charge < -0.3 is 0 Å². The SMILES string of the molecule is N#CC(C#N)(Cc1ccc(N=O)cc1)c1ccc(N=O)cc1. The Labute approximate surface area is 126 Å². The summed E-state index contributed by atoms with van der Waals surface area (Å²) in [5, 5.41) is 24.6. The van der Waals surface area contributed by atoms with E-state index in [9.17, 15) is 20.3 Å². The first-order valence-electron chi connectivity index (χ1n) is 6.36. The molecule has 0 unspecified atom stereocenters. The molecule has 0 atom stereocenters. The highest BCUT2D eigenvalue weighted by Crippen LogP contribution is 2.29. The third kappa shape index (κ3) is 2.87. The van der Waals surface area contributed by atoms with E-state index in [1.165, 1.54) is 24.3 Å². The van der Waals surface area contributed by atoms with Crippen LogP contribution in [0.3, 0.4) is 0 Å². The summed E-state index contributed by atoms with van der Waals surface area (Å²) in [6, 6.07) is 16.5. The summed E-state index contributed by atoms with van der Waals surface area (Å²) in [5.41, 5.74) is 0.354. The van der Waals surface area contributed by atoms with Crippen LogP contribution in [0.1, 0.15) is 11.1 Å². The minimum absolute atomic E-state index is 0.160. The second-order valence-electron chi connectivity index (χ2n) is 4.70. The standard InChI is InChI=1S/C16H10N4O2/c17-10-16(11-18,13-3-7-15(20-22)8-4-13)9-12-1-5-14(19-21)6-2-12/h1-8H,9H2. The van der Waals surface area contributed by atoms with Crippen LogP contribution in [0.4, 0.5) is 11.4 Å². The van der Waals surface area contributed by atoms with E-state index in [1.54, 1.807) is 24.3 Å². The third-order valence-corrected chi connectivity index (χ3v) is 3.36. The Balaban J connectivity index is 2.38. The second kappa shape index (κ2) is 6.38. The van der Waals surface area contributed by atoms with Crippen LogP contribution in [0.15, 0.2) is 58.9 Å². The predicted molar refractivity (Wildman–Crippen MR) is 80.4 cm³/mol. The van der Waals surface area contributed by atoms with Crippen LogP contribution in [-0.2, 0) is 11.8 Å². The number of nitroso groups, excluding NO2 is 2. The summed E-state index contributed by atoms with van der Waals surface area (Å²) in [7, 11) is 0. The van der Waals surface area contributed by atoms with E-state index in [-0.39, 0.29) is 17.8 Å². The van der Waals surface area contributed by atoms with Gasteiger partial charge in [0.05, 0.1) is 12.1 Å². The highest BCUT2D eigenvalue weighted by Gasteiger charge is 2.32. The third-order valence-electron chi connectivity index (χ3n) is 3.36. The molecule has 0 N–H and O–H groups in total. The van der Waals surface area contributed by atoms with E-state index < -0.39 is 5.41 Å². The molecule has 0 aromatic heterocycles. The lowest BCUT2D eigenvalue weighted by Crippen LogP contribution is -2.24. The van der Waals surface area contributed by atoms with Crippen molar-refractivity contribution in [2.75, 3.05) is 0 Å². The van der Waals surface area contributed by atoms with Crippen LogP contribution in [0, 0.1) is 32.5 Å². The first-order chi connectivity index (χ1) is 10.7. The van der Waals surface area contributed by atoms with Gasteiger partial charge in [-0.15, -0.1) is 9.81 Å². The van der Waals surface area contributed by atoms with E-state index in [0.29, 0.717) is 5.56 Å². The van der Waals surface area contributed by atoms with Gasteiger partial charge in [-0.25, -0.2) is 0 Å². The molecular weight excluding hydrogens is 280 g/mol. The monoisotopic (exact) mass is 290 g/mol. The molecule has 0 aliphatic carbocycles. The van der Waals surface area contributed by atoms with Gasteiger partial charge in [-0.1, -0.05) is 24.3 Å². The van der Waals surface area contributed by atoms with E-state index in [1.807, 2.05) is 12.1 Å². The highest BCUT2D eigenvalue weighted by molar-refractivity contribution is 5.48. The fraction of sp³-hybridized carbons (Fsp3) is 0.125. The Hall–Kier alpha value is -3.38. The summed E-state index contributed by atoms with van der Waals surface area (Å²) in [4.78, 5) is 20.9. The van der Waals surface area contributed by atoms with Crippen LogP contribution in [0.25, 0.3) is 0 Å². The van der Waals surface area contributed by atoms with Crippen molar-refractivity contribution in [1.29, 1.82) is 10.5 Å². The molecule has 0 fully saturated rings. The molecule has 0 aliphatic rings. The first-order valence-corrected chi connectivity index (χ1v) is 6.36. The Morgan fingerprint density at radius 2 is 1.27 bits per heavy atom. The smallest absolute Gasteiger partial charge is 0.172 e. The summed E-state index contributed by atoms with van der Waals surface area (Å²) < 4.78 is 0. The van der Waals surface area contributed by atoms with Crippen molar-refractivity contribution in [1.82, 2.24) is 0 Å². The lowest BCUT2D eigenvalue weighted by molar-refractivity contribution is 0.695. The molecule has 0 amide bonds. The van der Waals surface area contributed by atoms with E-state index in [0.717, 1.165) is 5.56 Å². The maximum Gasteiger partial charge on any atom is 0.172 e. The molecule has 2 rings (SSSR count). The molecule has 2 aromatic rings. The zero-order valence-corrected chi connectivity index (χ0v) is 11.4. The lowest BCUT2D eigenvalue weighted by atomic mass is 9.78. The molecule has 6 heteroatoms. The largest absolute Gasteiger partial charge is 0.196 e. The molecular formula is C16H10N4O2. The Bertz CT molecular complexity index is 754. The van der Waals surface area contributed by atoms with E-state index in [2.05, 4.69) is 10.4 Å². The van der Waals surface area contributed by atoms with Crippen molar-refractivity contribution < 1.29 is 0 Å². The zero-order valence-electron chi connectivity index (χ0n) is 11.4. The lowest BCUT2D eigenvalue weighted by Gasteiger charge is -2.19. The van der Waals surface area contributed by atoms with Crippen molar-refractivity contribution in [3.05, 3.63) is 69.5 Å². The minimum Gasteiger partial charge on any atom is -0.196 e. The van der Waals surface area contributed by atoms with Crippen molar-refractivity contribution >= 4 is 11.4 Å². The molecule has 0 spiro atoms. The molecule has 6 nitrogen and oxygen atoms in total. The van der Waals surface area contributed by atoms with Gasteiger partial charge in [0, 0.05) is 6.42 Å². The molecule has 0 aliphatic heterocycles. The topological polar surface area (TPSA) is 106 Å². The van der Waals surface area contributed by atoms with Crippen LogP contribution in [-0.4, -0.2) is 0 Å². The molecule has 0 saturated heterocycles. The quantitative estimate of drug-likeness (QED) is 0.775. The van der Waals surface area contributed by atoms with E-state index in [4.69, 9.17) is 0 Å². The maximum atomic E-state index is 10.4. The maximum absolute atomic E-state index is 10.4. The number of benzene rings is 2. The number of hydrogen-bond donors (Lipinski definition) is 0. The van der Waals surface area contributed by atoms with Crippen LogP contribution in [0.2, 0.25) is 0 Å². The summed E-state index contributed by atoms with van der Waals surface area (Å²) >= 11 is 0. The van der Waals surface area contributed by atoms with Gasteiger partial charge in [0.15, 0.2) is 5.41 Å². The summed E-state index contributed by atoms with van der Waals surface area (Å²) in [6.07, 6.45) is 0.160. The molecule has 2 aromatic carbocycles. The van der Waals surface area contributed by atoms with Gasteiger partial charge >= 0.3 is 0 Å². The van der Waals surface area contributed by atoms with Crippen molar-refractivity contribution in [2.24, 2.45) is 10.4 Å².